The SMILES string of the molecule is CC(=O)N(CCc1noc(C2CCC2)n1)C1CCN(Cc2cccc3cccnc23)C1. The van der Waals surface area contributed by atoms with E-state index in [9.17, 15) is 4.79 Å². The Kier molecular flexibility index (Phi) is 5.68. The fourth-order valence-electron chi connectivity index (χ4n) is 4.75. The number of benzene rings is 1. The Morgan fingerprint density at radius 1 is 1.23 bits per heavy atom. The van der Waals surface area contributed by atoms with Gasteiger partial charge in [0.25, 0.3) is 0 Å². The van der Waals surface area contributed by atoms with E-state index < -0.39 is 0 Å². The average Bonchev–Trinajstić information content (AvgIpc) is 3.37. The topological polar surface area (TPSA) is 75.4 Å². The number of fused-ring (bicyclic) bond motifs is 1. The number of carbonyl (C=O) groups excluding carboxylic acids is 1. The van der Waals surface area contributed by atoms with E-state index in [2.05, 4.69) is 44.3 Å². The third kappa shape index (κ3) is 4.32. The molecule has 0 spiro atoms. The van der Waals surface area contributed by atoms with Gasteiger partial charge in [-0.15, -0.1) is 0 Å². The van der Waals surface area contributed by atoms with Crippen LogP contribution in [0, 0.1) is 0 Å². The summed E-state index contributed by atoms with van der Waals surface area (Å²) >= 11 is 0. The van der Waals surface area contributed by atoms with Crippen molar-refractivity contribution in [1.29, 1.82) is 0 Å². The lowest BCUT2D eigenvalue weighted by Crippen LogP contribution is -2.42. The molecule has 1 atom stereocenters. The molecule has 5 rings (SSSR count). The fraction of sp³-hybridized carbons (Fsp3) is 0.500. The van der Waals surface area contributed by atoms with Crippen molar-refractivity contribution < 1.29 is 9.32 Å². The number of hydrogen-bond acceptors (Lipinski definition) is 6. The number of amides is 1. The van der Waals surface area contributed by atoms with Gasteiger partial charge in [0.15, 0.2) is 5.82 Å². The van der Waals surface area contributed by atoms with Crippen molar-refractivity contribution in [3.63, 3.8) is 0 Å². The normalized spacial score (nSPS) is 19.6. The van der Waals surface area contributed by atoms with Crippen LogP contribution in [0.15, 0.2) is 41.1 Å². The molecular formula is C24H29N5O2. The summed E-state index contributed by atoms with van der Waals surface area (Å²) in [5.41, 5.74) is 2.31. The van der Waals surface area contributed by atoms with Crippen LogP contribution in [0.5, 0.6) is 0 Å². The second kappa shape index (κ2) is 8.75. The average molecular weight is 420 g/mol. The Morgan fingerprint density at radius 2 is 2.10 bits per heavy atom. The minimum absolute atomic E-state index is 0.112. The van der Waals surface area contributed by atoms with Gasteiger partial charge in [0.05, 0.1) is 5.52 Å². The molecular weight excluding hydrogens is 390 g/mol. The highest BCUT2D eigenvalue weighted by molar-refractivity contribution is 5.81. The van der Waals surface area contributed by atoms with Crippen molar-refractivity contribution in [3.8, 4) is 0 Å². The molecule has 0 radical (unpaired) electrons. The summed E-state index contributed by atoms with van der Waals surface area (Å²) in [7, 11) is 0. The van der Waals surface area contributed by atoms with Crippen molar-refractivity contribution in [3.05, 3.63) is 53.8 Å². The van der Waals surface area contributed by atoms with E-state index in [1.54, 1.807) is 6.92 Å². The Bertz CT molecular complexity index is 1060. The smallest absolute Gasteiger partial charge is 0.229 e. The highest BCUT2D eigenvalue weighted by Gasteiger charge is 2.30. The van der Waals surface area contributed by atoms with E-state index >= 15 is 0 Å². The van der Waals surface area contributed by atoms with Crippen LogP contribution in [-0.2, 0) is 17.8 Å². The molecule has 1 aromatic carbocycles. The summed E-state index contributed by atoms with van der Waals surface area (Å²) in [5.74, 6) is 2.04. The molecule has 3 heterocycles. The maximum Gasteiger partial charge on any atom is 0.229 e. The number of carbonyl (C=O) groups is 1. The largest absolute Gasteiger partial charge is 0.339 e. The second-order valence-corrected chi connectivity index (χ2v) is 8.81. The van der Waals surface area contributed by atoms with E-state index in [0.717, 1.165) is 50.3 Å². The van der Waals surface area contributed by atoms with Crippen molar-refractivity contribution in [2.45, 2.75) is 57.5 Å². The zero-order valence-electron chi connectivity index (χ0n) is 18.0. The van der Waals surface area contributed by atoms with Crippen molar-refractivity contribution in [2.75, 3.05) is 19.6 Å². The number of pyridine rings is 1. The maximum atomic E-state index is 12.4. The van der Waals surface area contributed by atoms with Crippen LogP contribution in [0.1, 0.15) is 55.8 Å². The summed E-state index contributed by atoms with van der Waals surface area (Å²) < 4.78 is 5.43. The van der Waals surface area contributed by atoms with Crippen LogP contribution in [0.3, 0.4) is 0 Å². The predicted octanol–water partition coefficient (Wildman–Crippen LogP) is 3.55. The van der Waals surface area contributed by atoms with Gasteiger partial charge in [-0.2, -0.15) is 4.98 Å². The first-order valence-electron chi connectivity index (χ1n) is 11.3. The highest BCUT2D eigenvalue weighted by Crippen LogP contribution is 2.35. The van der Waals surface area contributed by atoms with E-state index in [1.807, 2.05) is 17.2 Å². The first-order chi connectivity index (χ1) is 15.2. The number of rotatable bonds is 7. The van der Waals surface area contributed by atoms with Crippen molar-refractivity contribution in [1.82, 2.24) is 24.9 Å². The third-order valence-electron chi connectivity index (χ3n) is 6.72. The van der Waals surface area contributed by atoms with Gasteiger partial charge in [-0.1, -0.05) is 35.8 Å². The predicted molar refractivity (Wildman–Crippen MR) is 117 cm³/mol. The summed E-state index contributed by atoms with van der Waals surface area (Å²) in [6, 6.07) is 10.6. The van der Waals surface area contributed by atoms with Crippen LogP contribution in [0.4, 0.5) is 0 Å². The summed E-state index contributed by atoms with van der Waals surface area (Å²) in [4.78, 5) is 25.9. The number of likely N-dealkylation sites (tertiary alicyclic amines) is 1. The van der Waals surface area contributed by atoms with Gasteiger partial charge in [-0.05, 0) is 30.9 Å². The number of hydrogen-bond donors (Lipinski definition) is 0. The summed E-state index contributed by atoms with van der Waals surface area (Å²) in [5, 5.41) is 5.30. The van der Waals surface area contributed by atoms with Crippen LogP contribution >= 0.6 is 0 Å². The second-order valence-electron chi connectivity index (χ2n) is 8.81. The molecule has 1 unspecified atom stereocenters. The van der Waals surface area contributed by atoms with Gasteiger partial charge in [0.2, 0.25) is 11.8 Å². The van der Waals surface area contributed by atoms with E-state index in [1.165, 1.54) is 17.4 Å². The first kappa shape index (κ1) is 20.1. The number of nitrogens with zero attached hydrogens (tertiary/aromatic N) is 5. The Labute approximate surface area is 182 Å². The van der Waals surface area contributed by atoms with Gasteiger partial charge < -0.3 is 9.42 Å². The highest BCUT2D eigenvalue weighted by atomic mass is 16.5. The Morgan fingerprint density at radius 3 is 2.90 bits per heavy atom. The molecule has 3 aromatic rings. The summed E-state index contributed by atoms with van der Waals surface area (Å²) in [6.45, 7) is 5.00. The zero-order valence-corrected chi connectivity index (χ0v) is 18.0. The molecule has 2 aliphatic rings. The molecule has 7 heteroatoms. The molecule has 0 bridgehead atoms. The van der Waals surface area contributed by atoms with E-state index in [0.29, 0.717) is 24.7 Å². The molecule has 0 N–H and O–H groups in total. The van der Waals surface area contributed by atoms with Gasteiger partial charge in [0, 0.05) is 63.1 Å². The van der Waals surface area contributed by atoms with Gasteiger partial charge in [0.1, 0.15) is 0 Å². The van der Waals surface area contributed by atoms with Crippen LogP contribution < -0.4 is 0 Å². The molecule has 31 heavy (non-hydrogen) atoms. The third-order valence-corrected chi connectivity index (χ3v) is 6.72. The standard InChI is InChI=1S/C24H29N5O2/c1-17(30)29(14-11-22-26-24(31-27-22)19-6-3-7-19)21-10-13-28(16-21)15-20-8-2-5-18-9-4-12-25-23(18)20/h2,4-5,8-9,12,19,21H,3,6-7,10-11,13-16H2,1H3. The molecule has 1 saturated heterocycles. The molecule has 2 fully saturated rings. The molecule has 1 aliphatic carbocycles. The molecule has 1 amide bonds. The first-order valence-corrected chi connectivity index (χ1v) is 11.3. The van der Waals surface area contributed by atoms with E-state index in [-0.39, 0.29) is 11.9 Å². The lowest BCUT2D eigenvalue weighted by molar-refractivity contribution is -0.130. The molecule has 2 aromatic heterocycles. The Balaban J connectivity index is 1.20. The van der Waals surface area contributed by atoms with Crippen LogP contribution in [0.25, 0.3) is 10.9 Å². The minimum Gasteiger partial charge on any atom is -0.339 e. The van der Waals surface area contributed by atoms with Crippen molar-refractivity contribution in [2.24, 2.45) is 0 Å². The van der Waals surface area contributed by atoms with E-state index in [4.69, 9.17) is 4.52 Å². The quantitative estimate of drug-likeness (QED) is 0.583. The molecule has 1 saturated carbocycles. The lowest BCUT2D eigenvalue weighted by atomic mass is 9.85. The number of aromatic nitrogens is 3. The van der Waals surface area contributed by atoms with Crippen molar-refractivity contribution >= 4 is 16.8 Å². The zero-order chi connectivity index (χ0) is 21.2. The van der Waals surface area contributed by atoms with Crippen LogP contribution in [0.2, 0.25) is 0 Å². The monoisotopic (exact) mass is 419 g/mol. The lowest BCUT2D eigenvalue weighted by Gasteiger charge is -2.28. The minimum atomic E-state index is 0.112. The van der Waals surface area contributed by atoms with Gasteiger partial charge in [-0.3, -0.25) is 14.7 Å². The molecule has 1 aliphatic heterocycles. The fourth-order valence-corrected chi connectivity index (χ4v) is 4.75. The summed E-state index contributed by atoms with van der Waals surface area (Å²) in [6.07, 6.45) is 7.01. The molecule has 162 valence electrons. The van der Waals surface area contributed by atoms with Gasteiger partial charge >= 0.3 is 0 Å². The number of para-hydroxylation sites is 1. The van der Waals surface area contributed by atoms with Gasteiger partial charge in [-0.25, -0.2) is 0 Å². The maximum absolute atomic E-state index is 12.4. The van der Waals surface area contributed by atoms with Crippen LogP contribution in [-0.4, -0.2) is 56.5 Å². The Hall–Kier alpha value is -2.80. The molecule has 7 nitrogen and oxygen atoms in total.